The van der Waals surface area contributed by atoms with Crippen molar-refractivity contribution in [1.29, 1.82) is 0 Å². The molecular weight excluding hydrogens is 328 g/mol. The molecule has 0 aliphatic carbocycles. The predicted octanol–water partition coefficient (Wildman–Crippen LogP) is 1.98. The van der Waals surface area contributed by atoms with Crippen LogP contribution in [0.2, 0.25) is 0 Å². The van der Waals surface area contributed by atoms with E-state index < -0.39 is 5.82 Å². The van der Waals surface area contributed by atoms with Crippen LogP contribution in [0.25, 0.3) is 11.4 Å². The Morgan fingerprint density at radius 2 is 1.88 bits per heavy atom. The molecule has 0 spiro atoms. The van der Waals surface area contributed by atoms with Crippen LogP contribution in [-0.4, -0.2) is 32.7 Å². The van der Waals surface area contributed by atoms with Gasteiger partial charge in [0, 0.05) is 12.1 Å². The number of nitrogens with zero attached hydrogens (tertiary/aromatic N) is 4. The Labute approximate surface area is 142 Å². The molecule has 3 rings (SSSR count). The number of benzene rings is 2. The first kappa shape index (κ1) is 16.7. The molecule has 1 amide bonds. The standard InChI is InChI=1S/C17H15F2N5O/c18-14-6-4-12(5-7-14)8-9-20-16(25)11-24-22-17(21-23-24)13-2-1-3-15(19)10-13/h1-7,10H,8-9,11H2,(H,20,25). The monoisotopic (exact) mass is 343 g/mol. The number of hydrogen-bond donors (Lipinski definition) is 1. The second kappa shape index (κ2) is 7.61. The molecule has 0 unspecified atom stereocenters. The first-order valence-electron chi connectivity index (χ1n) is 7.65. The first-order chi connectivity index (χ1) is 12.1. The summed E-state index contributed by atoms with van der Waals surface area (Å²) in [6.07, 6.45) is 0.589. The highest BCUT2D eigenvalue weighted by Crippen LogP contribution is 2.14. The first-order valence-corrected chi connectivity index (χ1v) is 7.65. The van der Waals surface area contributed by atoms with Gasteiger partial charge in [0.2, 0.25) is 11.7 Å². The van der Waals surface area contributed by atoms with Crippen LogP contribution < -0.4 is 5.32 Å². The Bertz CT molecular complexity index is 863. The Hall–Kier alpha value is -3.16. The third-order valence-electron chi connectivity index (χ3n) is 3.47. The van der Waals surface area contributed by atoms with Gasteiger partial charge in [0.05, 0.1) is 0 Å². The minimum Gasteiger partial charge on any atom is -0.354 e. The largest absolute Gasteiger partial charge is 0.354 e. The maximum absolute atomic E-state index is 13.2. The van der Waals surface area contributed by atoms with E-state index in [-0.39, 0.29) is 24.1 Å². The van der Waals surface area contributed by atoms with Gasteiger partial charge in [-0.1, -0.05) is 24.3 Å². The average Bonchev–Trinajstić information content (AvgIpc) is 3.05. The predicted molar refractivity (Wildman–Crippen MR) is 86.3 cm³/mol. The lowest BCUT2D eigenvalue weighted by molar-refractivity contribution is -0.122. The molecule has 0 radical (unpaired) electrons. The SMILES string of the molecule is O=C(Cn1nnc(-c2cccc(F)c2)n1)NCCc1ccc(F)cc1. The minimum atomic E-state index is -0.396. The summed E-state index contributed by atoms with van der Waals surface area (Å²) in [5.74, 6) is -0.713. The lowest BCUT2D eigenvalue weighted by Crippen LogP contribution is -2.30. The molecule has 3 aromatic rings. The summed E-state index contributed by atoms with van der Waals surface area (Å²) >= 11 is 0. The van der Waals surface area contributed by atoms with Gasteiger partial charge in [0.25, 0.3) is 0 Å². The van der Waals surface area contributed by atoms with Crippen LogP contribution in [0.1, 0.15) is 5.56 Å². The van der Waals surface area contributed by atoms with Crippen LogP contribution in [0.5, 0.6) is 0 Å². The molecule has 1 heterocycles. The Morgan fingerprint density at radius 1 is 1.08 bits per heavy atom. The van der Waals surface area contributed by atoms with Gasteiger partial charge in [-0.25, -0.2) is 8.78 Å². The van der Waals surface area contributed by atoms with Crippen LogP contribution >= 0.6 is 0 Å². The summed E-state index contributed by atoms with van der Waals surface area (Å²) in [6, 6.07) is 11.9. The fourth-order valence-corrected chi connectivity index (χ4v) is 2.24. The summed E-state index contributed by atoms with van der Waals surface area (Å²) < 4.78 is 26.0. The molecule has 0 saturated heterocycles. The fourth-order valence-electron chi connectivity index (χ4n) is 2.24. The van der Waals surface area contributed by atoms with Gasteiger partial charge < -0.3 is 5.32 Å². The van der Waals surface area contributed by atoms with Crippen molar-refractivity contribution in [2.45, 2.75) is 13.0 Å². The molecule has 0 atom stereocenters. The average molecular weight is 343 g/mol. The van der Waals surface area contributed by atoms with Gasteiger partial charge in [0.1, 0.15) is 18.2 Å². The van der Waals surface area contributed by atoms with E-state index in [1.54, 1.807) is 24.3 Å². The molecule has 0 fully saturated rings. The molecule has 8 heteroatoms. The summed E-state index contributed by atoms with van der Waals surface area (Å²) in [5, 5.41) is 14.4. The van der Waals surface area contributed by atoms with Crippen LogP contribution in [0.4, 0.5) is 8.78 Å². The van der Waals surface area contributed by atoms with Gasteiger partial charge in [0.15, 0.2) is 0 Å². The second-order valence-corrected chi connectivity index (χ2v) is 5.38. The zero-order valence-electron chi connectivity index (χ0n) is 13.2. The molecule has 0 saturated carbocycles. The number of nitrogens with one attached hydrogen (secondary N) is 1. The van der Waals surface area contributed by atoms with E-state index >= 15 is 0 Å². The van der Waals surface area contributed by atoms with E-state index in [0.29, 0.717) is 18.5 Å². The lowest BCUT2D eigenvalue weighted by atomic mass is 10.1. The van der Waals surface area contributed by atoms with Crippen LogP contribution in [0, 0.1) is 11.6 Å². The molecule has 25 heavy (non-hydrogen) atoms. The van der Waals surface area contributed by atoms with Crippen LogP contribution in [0.3, 0.4) is 0 Å². The molecule has 1 N–H and O–H groups in total. The van der Waals surface area contributed by atoms with Crippen molar-refractivity contribution in [3.8, 4) is 11.4 Å². The van der Waals surface area contributed by atoms with Crippen molar-refractivity contribution in [3.05, 3.63) is 65.7 Å². The van der Waals surface area contributed by atoms with E-state index in [1.165, 1.54) is 24.3 Å². The lowest BCUT2D eigenvalue weighted by Gasteiger charge is -2.04. The van der Waals surface area contributed by atoms with E-state index in [4.69, 9.17) is 0 Å². The Balaban J connectivity index is 1.50. The molecule has 1 aromatic heterocycles. The van der Waals surface area contributed by atoms with Crippen LogP contribution in [0.15, 0.2) is 48.5 Å². The van der Waals surface area contributed by atoms with Crippen LogP contribution in [-0.2, 0) is 17.8 Å². The number of aromatic nitrogens is 4. The maximum Gasteiger partial charge on any atom is 0.243 e. The number of hydrogen-bond acceptors (Lipinski definition) is 4. The number of rotatable bonds is 6. The summed E-state index contributed by atoms with van der Waals surface area (Å²) in [6.45, 7) is 0.321. The zero-order chi connectivity index (χ0) is 17.6. The molecule has 0 aliphatic heterocycles. The molecule has 2 aromatic carbocycles. The third-order valence-corrected chi connectivity index (χ3v) is 3.47. The molecule has 0 aliphatic rings. The van der Waals surface area contributed by atoms with Gasteiger partial charge in [-0.3, -0.25) is 4.79 Å². The minimum absolute atomic E-state index is 0.0915. The number of tetrazole rings is 1. The smallest absolute Gasteiger partial charge is 0.243 e. The number of carbonyl (C=O) groups is 1. The van der Waals surface area contributed by atoms with Crippen molar-refractivity contribution in [2.75, 3.05) is 6.54 Å². The molecular formula is C17H15F2N5O. The van der Waals surface area contributed by atoms with Gasteiger partial charge in [-0.2, -0.15) is 4.80 Å². The quantitative estimate of drug-likeness (QED) is 0.743. The molecule has 0 bridgehead atoms. The fraction of sp³-hybridized carbons (Fsp3) is 0.176. The normalized spacial score (nSPS) is 10.6. The third kappa shape index (κ3) is 4.66. The second-order valence-electron chi connectivity index (χ2n) is 5.38. The highest BCUT2D eigenvalue weighted by molar-refractivity contribution is 5.75. The van der Waals surface area contributed by atoms with E-state index in [9.17, 15) is 13.6 Å². The number of carbonyl (C=O) groups excluding carboxylic acids is 1. The Kier molecular flexibility index (Phi) is 5.08. The molecule has 128 valence electrons. The summed E-state index contributed by atoms with van der Waals surface area (Å²) in [7, 11) is 0. The van der Waals surface area contributed by atoms with Gasteiger partial charge >= 0.3 is 0 Å². The molecule has 6 nitrogen and oxygen atoms in total. The maximum atomic E-state index is 13.2. The zero-order valence-corrected chi connectivity index (χ0v) is 13.2. The highest BCUT2D eigenvalue weighted by Gasteiger charge is 2.09. The van der Waals surface area contributed by atoms with E-state index in [1.807, 2.05) is 0 Å². The summed E-state index contributed by atoms with van der Waals surface area (Å²) in [5.41, 5.74) is 1.41. The van der Waals surface area contributed by atoms with Crippen molar-refractivity contribution < 1.29 is 13.6 Å². The number of amides is 1. The Morgan fingerprint density at radius 3 is 2.64 bits per heavy atom. The van der Waals surface area contributed by atoms with E-state index in [0.717, 1.165) is 10.4 Å². The van der Waals surface area contributed by atoms with E-state index in [2.05, 4.69) is 20.7 Å². The highest BCUT2D eigenvalue weighted by atomic mass is 19.1. The van der Waals surface area contributed by atoms with Crippen molar-refractivity contribution in [1.82, 2.24) is 25.5 Å². The van der Waals surface area contributed by atoms with Crippen molar-refractivity contribution in [2.24, 2.45) is 0 Å². The summed E-state index contributed by atoms with van der Waals surface area (Å²) in [4.78, 5) is 13.0. The van der Waals surface area contributed by atoms with Crippen molar-refractivity contribution in [3.63, 3.8) is 0 Å². The number of halogens is 2. The van der Waals surface area contributed by atoms with Gasteiger partial charge in [-0.05, 0) is 41.5 Å². The van der Waals surface area contributed by atoms with Crippen molar-refractivity contribution >= 4 is 5.91 Å². The van der Waals surface area contributed by atoms with Gasteiger partial charge in [-0.15, -0.1) is 10.2 Å². The topological polar surface area (TPSA) is 72.7 Å².